The number of carbonyl (C=O) groups is 3. The first kappa shape index (κ1) is 61.1. The highest BCUT2D eigenvalue weighted by Crippen LogP contribution is 2.14. The maximum absolute atomic E-state index is 12.8. The molecule has 0 aliphatic heterocycles. The average molecular weight is 895 g/mol. The molecule has 6 heteroatoms. The highest BCUT2D eigenvalue weighted by Gasteiger charge is 2.19. The fourth-order valence-corrected chi connectivity index (χ4v) is 7.62. The smallest absolute Gasteiger partial charge is 0.306 e. The number of esters is 3. The van der Waals surface area contributed by atoms with Crippen molar-refractivity contribution in [2.24, 2.45) is 0 Å². The Kier molecular flexibility index (Phi) is 50.4. The van der Waals surface area contributed by atoms with Crippen molar-refractivity contribution in [2.45, 2.75) is 277 Å². The van der Waals surface area contributed by atoms with Gasteiger partial charge in [-0.1, -0.05) is 210 Å². The van der Waals surface area contributed by atoms with Crippen LogP contribution in [-0.2, 0) is 28.6 Å². The van der Waals surface area contributed by atoms with Crippen LogP contribution in [-0.4, -0.2) is 37.2 Å². The fraction of sp³-hybridized carbons (Fsp3) is 0.776. The zero-order chi connectivity index (χ0) is 46.5. The van der Waals surface area contributed by atoms with E-state index in [0.29, 0.717) is 19.3 Å². The lowest BCUT2D eigenvalue weighted by molar-refractivity contribution is -0.167. The summed E-state index contributed by atoms with van der Waals surface area (Å²) in [5.74, 6) is -0.903. The molecule has 0 aromatic heterocycles. The Bertz CT molecular complexity index is 1170. The van der Waals surface area contributed by atoms with Crippen molar-refractivity contribution in [2.75, 3.05) is 13.2 Å². The Labute approximate surface area is 396 Å². The van der Waals surface area contributed by atoms with E-state index >= 15 is 0 Å². The molecule has 0 aromatic rings. The molecule has 0 amide bonds. The summed E-state index contributed by atoms with van der Waals surface area (Å²) in [5.41, 5.74) is 0. The Morgan fingerprint density at radius 2 is 0.609 bits per heavy atom. The topological polar surface area (TPSA) is 78.9 Å². The summed E-state index contributed by atoms with van der Waals surface area (Å²) >= 11 is 0. The van der Waals surface area contributed by atoms with Crippen molar-refractivity contribution in [1.29, 1.82) is 0 Å². The van der Waals surface area contributed by atoms with Crippen LogP contribution in [0.4, 0.5) is 0 Å². The fourth-order valence-electron chi connectivity index (χ4n) is 7.62. The van der Waals surface area contributed by atoms with E-state index in [2.05, 4.69) is 81.5 Å². The van der Waals surface area contributed by atoms with E-state index in [0.717, 1.165) is 103 Å². The molecule has 0 bridgehead atoms. The third-order valence-electron chi connectivity index (χ3n) is 11.7. The van der Waals surface area contributed by atoms with Crippen LogP contribution in [0.1, 0.15) is 271 Å². The standard InChI is InChI=1S/C58H102O6/c1-4-7-10-13-16-19-22-25-28-29-31-33-36-39-42-45-48-51-57(60)63-54-55(53-62-56(59)50-47-44-41-38-35-32-27-24-21-18-15-12-9-6-3)64-58(61)52-49-46-43-40-37-34-30-26-23-20-17-14-11-8-5-2/h7,10,16,19,24-28,30,55H,4-6,8-9,11-15,17-18,20-23,29,31-54H2,1-3H3/b10-7-,19-16-,27-24-,28-25-,30-26-. The molecule has 0 saturated heterocycles. The molecular formula is C58H102O6. The van der Waals surface area contributed by atoms with Crippen LogP contribution in [0.5, 0.6) is 0 Å². The number of hydrogen-bond acceptors (Lipinski definition) is 6. The maximum atomic E-state index is 12.8. The third-order valence-corrected chi connectivity index (χ3v) is 11.7. The highest BCUT2D eigenvalue weighted by atomic mass is 16.6. The van der Waals surface area contributed by atoms with Gasteiger partial charge in [-0.2, -0.15) is 0 Å². The zero-order valence-corrected chi connectivity index (χ0v) is 42.3. The molecule has 1 atom stereocenters. The minimum Gasteiger partial charge on any atom is -0.462 e. The van der Waals surface area contributed by atoms with Gasteiger partial charge in [0, 0.05) is 19.3 Å². The van der Waals surface area contributed by atoms with Crippen molar-refractivity contribution in [3.05, 3.63) is 60.8 Å². The van der Waals surface area contributed by atoms with Gasteiger partial charge in [0.1, 0.15) is 13.2 Å². The Morgan fingerprint density at radius 1 is 0.328 bits per heavy atom. The quantitative estimate of drug-likeness (QED) is 0.0262. The van der Waals surface area contributed by atoms with E-state index in [1.54, 1.807) is 0 Å². The number of rotatable bonds is 49. The average Bonchev–Trinajstić information content (AvgIpc) is 3.29. The largest absolute Gasteiger partial charge is 0.462 e. The lowest BCUT2D eigenvalue weighted by Crippen LogP contribution is -2.30. The molecule has 6 nitrogen and oxygen atoms in total. The first-order chi connectivity index (χ1) is 31.5. The number of ether oxygens (including phenoxy) is 3. The summed E-state index contributed by atoms with van der Waals surface area (Å²) < 4.78 is 16.8. The SMILES string of the molecule is CC/C=C\C/C=C\C/C=C\CCCCCCCCCC(=O)OCC(COC(=O)CCCCCCC/C=C\CCCCCCC)OC(=O)CCCCCCC/C=C\CCCCCCCC. The molecule has 0 N–H and O–H groups in total. The molecule has 0 fully saturated rings. The van der Waals surface area contributed by atoms with Crippen molar-refractivity contribution >= 4 is 17.9 Å². The number of hydrogen-bond donors (Lipinski definition) is 0. The van der Waals surface area contributed by atoms with Crippen molar-refractivity contribution in [1.82, 2.24) is 0 Å². The molecular weight excluding hydrogens is 793 g/mol. The van der Waals surface area contributed by atoms with Gasteiger partial charge in [-0.15, -0.1) is 0 Å². The maximum Gasteiger partial charge on any atom is 0.306 e. The molecule has 0 aliphatic rings. The monoisotopic (exact) mass is 895 g/mol. The van der Waals surface area contributed by atoms with Gasteiger partial charge in [0.05, 0.1) is 0 Å². The van der Waals surface area contributed by atoms with Gasteiger partial charge in [-0.3, -0.25) is 14.4 Å². The van der Waals surface area contributed by atoms with Crippen molar-refractivity contribution in [3.63, 3.8) is 0 Å². The summed E-state index contributed by atoms with van der Waals surface area (Å²) in [6.45, 7) is 6.51. The van der Waals surface area contributed by atoms with E-state index in [1.807, 2.05) is 0 Å². The molecule has 0 saturated carbocycles. The second kappa shape index (κ2) is 52.7. The van der Waals surface area contributed by atoms with Gasteiger partial charge >= 0.3 is 17.9 Å². The second-order valence-corrected chi connectivity index (χ2v) is 18.1. The molecule has 0 radical (unpaired) electrons. The number of unbranched alkanes of at least 4 members (excludes halogenated alkanes) is 28. The lowest BCUT2D eigenvalue weighted by Gasteiger charge is -2.18. The predicted molar refractivity (Wildman–Crippen MR) is 275 cm³/mol. The first-order valence-corrected chi connectivity index (χ1v) is 27.3. The minimum absolute atomic E-state index is 0.0844. The van der Waals surface area contributed by atoms with Crippen LogP contribution in [0.15, 0.2) is 60.8 Å². The summed E-state index contributed by atoms with van der Waals surface area (Å²) in [7, 11) is 0. The second-order valence-electron chi connectivity index (χ2n) is 18.1. The summed E-state index contributed by atoms with van der Waals surface area (Å²) in [6, 6.07) is 0. The normalized spacial score (nSPS) is 12.5. The van der Waals surface area contributed by atoms with Gasteiger partial charge in [0.15, 0.2) is 6.10 Å². The van der Waals surface area contributed by atoms with E-state index in [1.165, 1.54) is 128 Å². The van der Waals surface area contributed by atoms with Crippen LogP contribution in [0.2, 0.25) is 0 Å². The minimum atomic E-state index is -0.785. The van der Waals surface area contributed by atoms with Crippen LogP contribution in [0, 0.1) is 0 Å². The van der Waals surface area contributed by atoms with E-state index in [9.17, 15) is 14.4 Å². The Hall–Kier alpha value is -2.89. The molecule has 0 aromatic carbocycles. The van der Waals surface area contributed by atoms with E-state index < -0.39 is 6.10 Å². The van der Waals surface area contributed by atoms with Crippen LogP contribution < -0.4 is 0 Å². The van der Waals surface area contributed by atoms with Crippen LogP contribution in [0.3, 0.4) is 0 Å². The Morgan fingerprint density at radius 3 is 0.969 bits per heavy atom. The van der Waals surface area contributed by atoms with Gasteiger partial charge in [-0.25, -0.2) is 0 Å². The van der Waals surface area contributed by atoms with E-state index in [-0.39, 0.29) is 31.1 Å². The van der Waals surface area contributed by atoms with Gasteiger partial charge < -0.3 is 14.2 Å². The Balaban J connectivity index is 4.40. The third kappa shape index (κ3) is 50.1. The van der Waals surface area contributed by atoms with Crippen molar-refractivity contribution in [3.8, 4) is 0 Å². The molecule has 0 spiro atoms. The molecule has 1 unspecified atom stereocenters. The van der Waals surface area contributed by atoms with Gasteiger partial charge in [0.25, 0.3) is 0 Å². The first-order valence-electron chi connectivity index (χ1n) is 27.3. The molecule has 0 aliphatic carbocycles. The molecule has 64 heavy (non-hydrogen) atoms. The van der Waals surface area contributed by atoms with Gasteiger partial charge in [-0.05, 0) is 103 Å². The molecule has 0 heterocycles. The zero-order valence-electron chi connectivity index (χ0n) is 42.3. The van der Waals surface area contributed by atoms with Crippen LogP contribution in [0.25, 0.3) is 0 Å². The van der Waals surface area contributed by atoms with Crippen LogP contribution >= 0.6 is 0 Å². The molecule has 370 valence electrons. The van der Waals surface area contributed by atoms with E-state index in [4.69, 9.17) is 14.2 Å². The number of carbonyl (C=O) groups excluding carboxylic acids is 3. The summed E-state index contributed by atoms with van der Waals surface area (Å²) in [6.07, 6.45) is 64.9. The summed E-state index contributed by atoms with van der Waals surface area (Å²) in [4.78, 5) is 38.1. The number of allylic oxidation sites excluding steroid dienone is 10. The molecule has 0 rings (SSSR count). The van der Waals surface area contributed by atoms with Gasteiger partial charge in [0.2, 0.25) is 0 Å². The van der Waals surface area contributed by atoms with Crippen molar-refractivity contribution < 1.29 is 28.6 Å². The predicted octanol–water partition coefficient (Wildman–Crippen LogP) is 18.0. The lowest BCUT2D eigenvalue weighted by atomic mass is 10.1. The highest BCUT2D eigenvalue weighted by molar-refractivity contribution is 5.71. The summed E-state index contributed by atoms with van der Waals surface area (Å²) in [5, 5.41) is 0.